The summed E-state index contributed by atoms with van der Waals surface area (Å²) in [4.78, 5) is 37.0. The van der Waals surface area contributed by atoms with Gasteiger partial charge in [-0.2, -0.15) is 0 Å². The van der Waals surface area contributed by atoms with Crippen molar-refractivity contribution in [1.82, 2.24) is 4.90 Å². The number of amides is 2. The van der Waals surface area contributed by atoms with Crippen molar-refractivity contribution in [1.29, 1.82) is 0 Å². The van der Waals surface area contributed by atoms with E-state index >= 15 is 0 Å². The Balaban J connectivity index is 1.74. The molecule has 1 saturated heterocycles. The van der Waals surface area contributed by atoms with Gasteiger partial charge < -0.3 is 4.74 Å². The molecule has 5 heteroatoms. The number of likely N-dealkylation sites (tertiary alicyclic amines) is 1. The third kappa shape index (κ3) is 5.85. The quantitative estimate of drug-likeness (QED) is 0.298. The standard InChI is InChI=1S/C20H25NO4/c1-2-25-19(23)12-8-3-4-9-13-21-18(22)15-17(20(21)24)14-16-10-6-5-7-11-16/h5-7,10-11,14H,2-4,8-9,12-13,15H2,1H3. The molecular weight excluding hydrogens is 318 g/mol. The number of esters is 1. The van der Waals surface area contributed by atoms with Crippen LogP contribution in [0.2, 0.25) is 0 Å². The fourth-order valence-corrected chi connectivity index (χ4v) is 2.84. The molecule has 0 N–H and O–H groups in total. The molecule has 1 aliphatic rings. The number of rotatable bonds is 9. The zero-order valence-electron chi connectivity index (χ0n) is 14.7. The molecule has 1 heterocycles. The Morgan fingerprint density at radius 3 is 2.56 bits per heavy atom. The van der Waals surface area contributed by atoms with Crippen LogP contribution >= 0.6 is 0 Å². The van der Waals surface area contributed by atoms with Crippen LogP contribution in [0.15, 0.2) is 35.9 Å². The van der Waals surface area contributed by atoms with Gasteiger partial charge in [0.1, 0.15) is 0 Å². The Hall–Kier alpha value is -2.43. The summed E-state index contributed by atoms with van der Waals surface area (Å²) < 4.78 is 4.88. The van der Waals surface area contributed by atoms with Crippen molar-refractivity contribution in [2.75, 3.05) is 13.2 Å². The number of hydrogen-bond donors (Lipinski definition) is 0. The van der Waals surface area contributed by atoms with Gasteiger partial charge in [-0.15, -0.1) is 0 Å². The van der Waals surface area contributed by atoms with E-state index in [-0.39, 0.29) is 24.2 Å². The lowest BCUT2D eigenvalue weighted by atomic mass is 10.1. The molecule has 0 aliphatic carbocycles. The Labute approximate surface area is 148 Å². The Morgan fingerprint density at radius 1 is 1.12 bits per heavy atom. The first kappa shape index (κ1) is 18.9. The summed E-state index contributed by atoms with van der Waals surface area (Å²) in [7, 11) is 0. The summed E-state index contributed by atoms with van der Waals surface area (Å²) in [6, 6.07) is 9.55. The van der Waals surface area contributed by atoms with Gasteiger partial charge in [-0.1, -0.05) is 43.2 Å². The Morgan fingerprint density at radius 2 is 1.84 bits per heavy atom. The molecule has 0 saturated carbocycles. The second-order valence-electron chi connectivity index (χ2n) is 6.08. The van der Waals surface area contributed by atoms with Crippen LogP contribution in [-0.2, 0) is 19.1 Å². The molecule has 25 heavy (non-hydrogen) atoms. The fourth-order valence-electron chi connectivity index (χ4n) is 2.84. The van der Waals surface area contributed by atoms with Gasteiger partial charge in [0, 0.05) is 18.5 Å². The highest BCUT2D eigenvalue weighted by Crippen LogP contribution is 2.22. The Bertz CT molecular complexity index is 636. The fraction of sp³-hybridized carbons (Fsp3) is 0.450. The molecule has 1 aliphatic heterocycles. The molecule has 0 bridgehead atoms. The number of carbonyl (C=O) groups excluding carboxylic acids is 3. The van der Waals surface area contributed by atoms with Gasteiger partial charge >= 0.3 is 5.97 Å². The third-order valence-electron chi connectivity index (χ3n) is 4.12. The lowest BCUT2D eigenvalue weighted by Crippen LogP contribution is -2.30. The number of carbonyl (C=O) groups is 3. The minimum Gasteiger partial charge on any atom is -0.466 e. The van der Waals surface area contributed by atoms with Gasteiger partial charge in [0.05, 0.1) is 13.0 Å². The second kappa shape index (κ2) is 9.77. The highest BCUT2D eigenvalue weighted by Gasteiger charge is 2.32. The average molecular weight is 343 g/mol. The lowest BCUT2D eigenvalue weighted by molar-refractivity contribution is -0.143. The topological polar surface area (TPSA) is 63.7 Å². The molecule has 2 rings (SSSR count). The predicted molar refractivity (Wildman–Crippen MR) is 95.5 cm³/mol. The maximum absolute atomic E-state index is 12.4. The van der Waals surface area contributed by atoms with Gasteiger partial charge in [0.2, 0.25) is 5.91 Å². The van der Waals surface area contributed by atoms with Crippen molar-refractivity contribution in [2.24, 2.45) is 0 Å². The molecule has 1 fully saturated rings. The number of nitrogens with zero attached hydrogens (tertiary/aromatic N) is 1. The van der Waals surface area contributed by atoms with E-state index in [1.807, 2.05) is 30.3 Å². The average Bonchev–Trinajstić information content (AvgIpc) is 2.86. The molecule has 2 amide bonds. The van der Waals surface area contributed by atoms with Crippen molar-refractivity contribution in [3.63, 3.8) is 0 Å². The number of imide groups is 1. The summed E-state index contributed by atoms with van der Waals surface area (Å²) in [6.45, 7) is 2.66. The molecule has 0 aromatic heterocycles. The number of hydrogen-bond acceptors (Lipinski definition) is 4. The van der Waals surface area contributed by atoms with E-state index in [9.17, 15) is 14.4 Å². The van der Waals surface area contributed by atoms with E-state index in [1.54, 1.807) is 13.0 Å². The van der Waals surface area contributed by atoms with E-state index in [2.05, 4.69) is 0 Å². The predicted octanol–water partition coefficient (Wildman–Crippen LogP) is 3.34. The second-order valence-corrected chi connectivity index (χ2v) is 6.08. The zero-order chi connectivity index (χ0) is 18.1. The first-order valence-electron chi connectivity index (χ1n) is 8.87. The maximum Gasteiger partial charge on any atom is 0.305 e. The first-order valence-corrected chi connectivity index (χ1v) is 8.87. The number of benzene rings is 1. The van der Waals surface area contributed by atoms with Crippen molar-refractivity contribution >= 4 is 23.9 Å². The Kier molecular flexibility index (Phi) is 7.38. The summed E-state index contributed by atoms with van der Waals surface area (Å²) in [5.41, 5.74) is 1.48. The molecule has 0 radical (unpaired) electrons. The van der Waals surface area contributed by atoms with Crippen LogP contribution in [0.25, 0.3) is 6.08 Å². The molecule has 1 aromatic carbocycles. The van der Waals surface area contributed by atoms with Crippen molar-refractivity contribution in [3.05, 3.63) is 41.5 Å². The van der Waals surface area contributed by atoms with Crippen LogP contribution in [0.5, 0.6) is 0 Å². The molecule has 134 valence electrons. The van der Waals surface area contributed by atoms with Crippen LogP contribution in [0, 0.1) is 0 Å². The van der Waals surface area contributed by atoms with Crippen LogP contribution in [0.4, 0.5) is 0 Å². The highest BCUT2D eigenvalue weighted by atomic mass is 16.5. The van der Waals surface area contributed by atoms with Gasteiger partial charge in [0.25, 0.3) is 5.91 Å². The minimum atomic E-state index is -0.180. The molecule has 0 spiro atoms. The minimum absolute atomic E-state index is 0.126. The van der Waals surface area contributed by atoms with Crippen molar-refractivity contribution in [2.45, 2.75) is 45.4 Å². The number of ether oxygens (including phenoxy) is 1. The normalized spacial score (nSPS) is 15.9. The maximum atomic E-state index is 12.4. The van der Waals surface area contributed by atoms with E-state index in [0.717, 1.165) is 31.2 Å². The van der Waals surface area contributed by atoms with Gasteiger partial charge in [-0.3, -0.25) is 19.3 Å². The molecular formula is C20H25NO4. The van der Waals surface area contributed by atoms with Crippen molar-refractivity contribution < 1.29 is 19.1 Å². The smallest absolute Gasteiger partial charge is 0.305 e. The lowest BCUT2D eigenvalue weighted by Gasteiger charge is -2.13. The van der Waals surface area contributed by atoms with E-state index in [4.69, 9.17) is 4.74 Å². The van der Waals surface area contributed by atoms with Crippen LogP contribution in [-0.4, -0.2) is 35.8 Å². The molecule has 5 nitrogen and oxygen atoms in total. The van der Waals surface area contributed by atoms with Gasteiger partial charge in [-0.25, -0.2) is 0 Å². The van der Waals surface area contributed by atoms with E-state index in [1.165, 1.54) is 4.90 Å². The van der Waals surface area contributed by atoms with Gasteiger partial charge in [0.15, 0.2) is 0 Å². The molecule has 0 atom stereocenters. The largest absolute Gasteiger partial charge is 0.466 e. The van der Waals surface area contributed by atoms with Crippen LogP contribution in [0.3, 0.4) is 0 Å². The van der Waals surface area contributed by atoms with E-state index in [0.29, 0.717) is 25.1 Å². The molecule has 0 unspecified atom stereocenters. The summed E-state index contributed by atoms with van der Waals surface area (Å²) in [5, 5.41) is 0. The van der Waals surface area contributed by atoms with Gasteiger partial charge in [-0.05, 0) is 31.4 Å². The third-order valence-corrected chi connectivity index (χ3v) is 4.12. The SMILES string of the molecule is CCOC(=O)CCCCCCN1C(=O)CC(=Cc2ccccc2)C1=O. The van der Waals surface area contributed by atoms with Crippen LogP contribution in [0.1, 0.15) is 51.0 Å². The molecule has 1 aromatic rings. The summed E-state index contributed by atoms with van der Waals surface area (Å²) >= 11 is 0. The summed E-state index contributed by atoms with van der Waals surface area (Å²) in [6.07, 6.45) is 5.71. The zero-order valence-corrected chi connectivity index (χ0v) is 14.7. The van der Waals surface area contributed by atoms with E-state index < -0.39 is 0 Å². The van der Waals surface area contributed by atoms with Crippen LogP contribution < -0.4 is 0 Å². The summed E-state index contributed by atoms with van der Waals surface area (Å²) in [5.74, 6) is -0.470. The number of unbranched alkanes of at least 4 members (excludes halogenated alkanes) is 3. The first-order chi connectivity index (χ1) is 12.1. The van der Waals surface area contributed by atoms with Crippen molar-refractivity contribution in [3.8, 4) is 0 Å². The monoisotopic (exact) mass is 343 g/mol. The highest BCUT2D eigenvalue weighted by molar-refractivity contribution is 6.15.